The van der Waals surface area contributed by atoms with Gasteiger partial charge in [0.1, 0.15) is 17.3 Å². The Hall–Kier alpha value is -2.31. The summed E-state index contributed by atoms with van der Waals surface area (Å²) in [7, 11) is 0. The zero-order valence-electron chi connectivity index (χ0n) is 12.4. The first-order chi connectivity index (χ1) is 10.5. The number of hydrogen-bond acceptors (Lipinski definition) is 4. The Bertz CT molecular complexity index is 590. The zero-order valence-corrected chi connectivity index (χ0v) is 12.4. The van der Waals surface area contributed by atoms with E-state index >= 15 is 0 Å². The Labute approximate surface area is 128 Å². The third-order valence-electron chi connectivity index (χ3n) is 4.43. The smallest absolute Gasteiger partial charge is 0.325 e. The normalized spacial score (nSPS) is 21.2. The van der Waals surface area contributed by atoms with Gasteiger partial charge in [-0.1, -0.05) is 12.8 Å². The lowest BCUT2D eigenvalue weighted by molar-refractivity contribution is -0.137. The molecule has 0 radical (unpaired) electrons. The second-order valence-corrected chi connectivity index (χ2v) is 5.87. The fourth-order valence-electron chi connectivity index (χ4n) is 3.16. The van der Waals surface area contributed by atoms with Gasteiger partial charge in [-0.15, -0.1) is 0 Å². The summed E-state index contributed by atoms with van der Waals surface area (Å²) in [5, 5.41) is 5.45. The van der Waals surface area contributed by atoms with Crippen LogP contribution in [0.25, 0.3) is 0 Å². The number of carbonyl (C=O) groups is 3. The number of furan rings is 1. The highest BCUT2D eigenvalue weighted by molar-refractivity contribution is 6.09. The molecule has 1 atom stereocenters. The van der Waals surface area contributed by atoms with Crippen molar-refractivity contribution in [2.45, 2.75) is 50.7 Å². The third kappa shape index (κ3) is 2.36. The molecule has 1 aliphatic carbocycles. The molecule has 7 heteroatoms. The van der Waals surface area contributed by atoms with E-state index in [0.717, 1.165) is 17.7 Å². The summed E-state index contributed by atoms with van der Waals surface area (Å²) in [5.74, 6) is -0.0457. The van der Waals surface area contributed by atoms with Crippen LogP contribution >= 0.6 is 0 Å². The van der Waals surface area contributed by atoms with E-state index in [9.17, 15) is 14.4 Å². The van der Waals surface area contributed by atoms with Gasteiger partial charge in [-0.3, -0.25) is 9.59 Å². The second kappa shape index (κ2) is 5.47. The van der Waals surface area contributed by atoms with Crippen molar-refractivity contribution in [1.29, 1.82) is 0 Å². The van der Waals surface area contributed by atoms with E-state index in [2.05, 4.69) is 10.6 Å². The van der Waals surface area contributed by atoms with Gasteiger partial charge >= 0.3 is 6.03 Å². The predicted molar refractivity (Wildman–Crippen MR) is 76.6 cm³/mol. The van der Waals surface area contributed by atoms with E-state index in [4.69, 9.17) is 4.42 Å². The van der Waals surface area contributed by atoms with Gasteiger partial charge < -0.3 is 15.1 Å². The average molecular weight is 305 g/mol. The molecule has 1 aromatic heterocycles. The van der Waals surface area contributed by atoms with Crippen LogP contribution in [-0.2, 0) is 16.1 Å². The third-order valence-corrected chi connectivity index (χ3v) is 4.43. The standard InChI is InChI=1S/C15H19N3O4/c1-10(12(19)16-9-11-5-4-8-22-11)18-13(20)15(17-14(18)21)6-2-3-7-15/h4-5,8,10H,2-3,6-7,9H2,1H3,(H,16,19)(H,17,21). The van der Waals surface area contributed by atoms with Crippen LogP contribution in [0.2, 0.25) is 0 Å². The Morgan fingerprint density at radius 2 is 2.18 bits per heavy atom. The number of urea groups is 1. The van der Waals surface area contributed by atoms with Gasteiger partial charge in [0.2, 0.25) is 5.91 Å². The Balaban J connectivity index is 1.66. The minimum Gasteiger partial charge on any atom is -0.467 e. The van der Waals surface area contributed by atoms with Gasteiger partial charge in [0.05, 0.1) is 12.8 Å². The lowest BCUT2D eigenvalue weighted by Gasteiger charge is -2.23. The minimum atomic E-state index is -0.845. The molecule has 3 rings (SSSR count). The van der Waals surface area contributed by atoms with Crippen LogP contribution in [0.5, 0.6) is 0 Å². The van der Waals surface area contributed by atoms with Gasteiger partial charge in [0, 0.05) is 0 Å². The number of amides is 4. The topological polar surface area (TPSA) is 91.7 Å². The summed E-state index contributed by atoms with van der Waals surface area (Å²) in [6.07, 6.45) is 4.65. The number of nitrogens with one attached hydrogen (secondary N) is 2. The molecule has 2 N–H and O–H groups in total. The Morgan fingerprint density at radius 3 is 2.82 bits per heavy atom. The van der Waals surface area contributed by atoms with Crippen molar-refractivity contribution < 1.29 is 18.8 Å². The van der Waals surface area contributed by atoms with Crippen LogP contribution in [0.1, 0.15) is 38.4 Å². The summed E-state index contributed by atoms with van der Waals surface area (Å²) in [6.45, 7) is 1.79. The highest BCUT2D eigenvalue weighted by Gasteiger charge is 2.54. The molecular formula is C15H19N3O4. The van der Waals surface area contributed by atoms with Crippen molar-refractivity contribution in [3.63, 3.8) is 0 Å². The van der Waals surface area contributed by atoms with Crippen molar-refractivity contribution >= 4 is 17.8 Å². The summed E-state index contributed by atoms with van der Waals surface area (Å²) in [5.41, 5.74) is -0.785. The molecule has 22 heavy (non-hydrogen) atoms. The van der Waals surface area contributed by atoms with Gasteiger partial charge in [-0.2, -0.15) is 0 Å². The molecule has 1 aromatic rings. The van der Waals surface area contributed by atoms with E-state index in [0.29, 0.717) is 18.6 Å². The number of imide groups is 1. The largest absolute Gasteiger partial charge is 0.467 e. The molecule has 118 valence electrons. The lowest BCUT2D eigenvalue weighted by atomic mass is 9.97. The first-order valence-corrected chi connectivity index (χ1v) is 7.49. The van der Waals surface area contributed by atoms with Gasteiger partial charge in [-0.25, -0.2) is 9.69 Å². The summed E-state index contributed by atoms with van der Waals surface area (Å²) in [4.78, 5) is 37.9. The molecule has 1 saturated heterocycles. The molecule has 0 aromatic carbocycles. The van der Waals surface area contributed by atoms with Gasteiger partial charge in [0.15, 0.2) is 0 Å². The van der Waals surface area contributed by atoms with Crippen LogP contribution in [0.3, 0.4) is 0 Å². The van der Waals surface area contributed by atoms with Crippen molar-refractivity contribution in [3.8, 4) is 0 Å². The quantitative estimate of drug-likeness (QED) is 0.816. The number of nitrogens with zero attached hydrogens (tertiary/aromatic N) is 1. The van der Waals surface area contributed by atoms with Crippen LogP contribution in [0.15, 0.2) is 22.8 Å². The van der Waals surface area contributed by atoms with Crippen LogP contribution in [0, 0.1) is 0 Å². The van der Waals surface area contributed by atoms with Crippen molar-refractivity contribution in [2.75, 3.05) is 0 Å². The van der Waals surface area contributed by atoms with E-state index in [1.807, 2.05) is 0 Å². The fourth-order valence-corrected chi connectivity index (χ4v) is 3.16. The van der Waals surface area contributed by atoms with E-state index in [1.165, 1.54) is 6.26 Å². The highest BCUT2D eigenvalue weighted by Crippen LogP contribution is 2.35. The number of carbonyl (C=O) groups excluding carboxylic acids is 3. The maximum Gasteiger partial charge on any atom is 0.325 e. The molecular weight excluding hydrogens is 286 g/mol. The average Bonchev–Trinajstić information content (AvgIpc) is 3.20. The van der Waals surface area contributed by atoms with Crippen molar-refractivity contribution in [2.24, 2.45) is 0 Å². The second-order valence-electron chi connectivity index (χ2n) is 5.87. The molecule has 2 aliphatic rings. The first-order valence-electron chi connectivity index (χ1n) is 7.49. The van der Waals surface area contributed by atoms with Crippen LogP contribution in [-0.4, -0.2) is 34.3 Å². The van der Waals surface area contributed by atoms with E-state index in [-0.39, 0.29) is 18.4 Å². The van der Waals surface area contributed by atoms with Gasteiger partial charge in [0.25, 0.3) is 5.91 Å². The van der Waals surface area contributed by atoms with Crippen LogP contribution < -0.4 is 10.6 Å². The maximum absolute atomic E-state index is 12.6. The molecule has 1 unspecified atom stereocenters. The highest BCUT2D eigenvalue weighted by atomic mass is 16.3. The Morgan fingerprint density at radius 1 is 1.45 bits per heavy atom. The van der Waals surface area contributed by atoms with E-state index in [1.54, 1.807) is 19.1 Å². The molecule has 7 nitrogen and oxygen atoms in total. The molecule has 0 bridgehead atoms. The van der Waals surface area contributed by atoms with Crippen LogP contribution in [0.4, 0.5) is 4.79 Å². The maximum atomic E-state index is 12.6. The monoisotopic (exact) mass is 305 g/mol. The van der Waals surface area contributed by atoms with Crippen molar-refractivity contribution in [1.82, 2.24) is 15.5 Å². The molecule has 1 saturated carbocycles. The lowest BCUT2D eigenvalue weighted by Crippen LogP contribution is -2.49. The summed E-state index contributed by atoms with van der Waals surface area (Å²) < 4.78 is 5.13. The molecule has 4 amide bonds. The predicted octanol–water partition coefficient (Wildman–Crippen LogP) is 1.15. The van der Waals surface area contributed by atoms with Gasteiger partial charge in [-0.05, 0) is 31.9 Å². The SMILES string of the molecule is CC(C(=O)NCc1ccco1)N1C(=O)NC2(CCCC2)C1=O. The molecule has 2 fully saturated rings. The minimum absolute atomic E-state index is 0.227. The van der Waals surface area contributed by atoms with Crippen molar-refractivity contribution in [3.05, 3.63) is 24.2 Å². The summed E-state index contributed by atoms with van der Waals surface area (Å²) in [6, 6.07) is 2.15. The first kappa shape index (κ1) is 14.6. The summed E-state index contributed by atoms with van der Waals surface area (Å²) >= 11 is 0. The number of hydrogen-bond donors (Lipinski definition) is 2. The Kier molecular flexibility index (Phi) is 3.64. The molecule has 1 aliphatic heterocycles. The molecule has 2 heterocycles. The zero-order chi connectivity index (χ0) is 15.7. The number of rotatable bonds is 4. The van der Waals surface area contributed by atoms with E-state index < -0.39 is 17.6 Å². The molecule has 1 spiro atoms. The fraction of sp³-hybridized carbons (Fsp3) is 0.533.